The van der Waals surface area contributed by atoms with Crippen molar-refractivity contribution in [3.63, 3.8) is 0 Å². The highest BCUT2D eigenvalue weighted by Crippen LogP contribution is 2.52. The summed E-state index contributed by atoms with van der Waals surface area (Å²) in [7, 11) is 0. The van der Waals surface area contributed by atoms with Crippen LogP contribution in [-0.2, 0) is 5.41 Å². The van der Waals surface area contributed by atoms with E-state index in [1.54, 1.807) is 0 Å². The van der Waals surface area contributed by atoms with Gasteiger partial charge in [-0.15, -0.1) is 0 Å². The van der Waals surface area contributed by atoms with Crippen molar-refractivity contribution in [2.75, 3.05) is 19.6 Å². The zero-order valence-electron chi connectivity index (χ0n) is 12.8. The molecule has 0 N–H and O–H groups in total. The molecule has 2 aliphatic heterocycles. The summed E-state index contributed by atoms with van der Waals surface area (Å²) in [5.41, 5.74) is 2.29. The van der Waals surface area contributed by atoms with Gasteiger partial charge in [-0.1, -0.05) is 31.5 Å². The van der Waals surface area contributed by atoms with E-state index in [-0.39, 0.29) is 5.41 Å². The first-order chi connectivity index (χ1) is 10.6. The molecule has 1 fully saturated rings. The van der Waals surface area contributed by atoms with E-state index in [0.717, 1.165) is 36.8 Å². The minimum Gasteiger partial charge on any atom is -0.455 e. The predicted octanol–water partition coefficient (Wildman–Crippen LogP) is 4.22. The first kappa shape index (κ1) is 14.0. The Kier molecular flexibility index (Phi) is 3.17. The van der Waals surface area contributed by atoms with Gasteiger partial charge in [-0.2, -0.15) is 0 Å². The van der Waals surface area contributed by atoms with E-state index < -0.39 is 0 Å². The van der Waals surface area contributed by atoms with Gasteiger partial charge in [0.15, 0.2) is 0 Å². The quantitative estimate of drug-likeness (QED) is 0.788. The number of nitrogens with zero attached hydrogens (tertiary/aromatic N) is 2. The van der Waals surface area contributed by atoms with Crippen LogP contribution in [0.25, 0.3) is 0 Å². The first-order valence-corrected chi connectivity index (χ1v) is 8.15. The third-order valence-corrected chi connectivity index (χ3v) is 5.35. The zero-order valence-corrected chi connectivity index (χ0v) is 13.6. The molecule has 0 spiro atoms. The molecule has 1 aromatic carbocycles. The number of likely N-dealkylation sites (N-methyl/N-ethyl adjacent to an activating group) is 1. The summed E-state index contributed by atoms with van der Waals surface area (Å²) in [4.78, 5) is 7.15. The first-order valence-electron chi connectivity index (χ1n) is 7.77. The monoisotopic (exact) mass is 314 g/mol. The average molecular weight is 315 g/mol. The second-order valence-electron chi connectivity index (χ2n) is 6.43. The SMILES string of the molecule is CCN1C[C@@H]2c3ncccc3Oc3cc(Cl)ccc3[C@]2(C)C1. The largest absolute Gasteiger partial charge is 0.455 e. The molecular weight excluding hydrogens is 296 g/mol. The molecule has 0 amide bonds. The number of hydrogen-bond donors (Lipinski definition) is 0. The van der Waals surface area contributed by atoms with Gasteiger partial charge in [0, 0.05) is 41.2 Å². The fourth-order valence-corrected chi connectivity index (χ4v) is 4.08. The number of likely N-dealkylation sites (tertiary alicyclic amines) is 1. The standard InChI is InChI=1S/C18H19ClN2O/c1-3-21-10-14-17-15(5-4-8-20-17)22-16-9-12(19)6-7-13(16)18(14,2)11-21/h4-9,14H,3,10-11H2,1-2H3/t14-,18+/m1/s1. The number of aromatic nitrogens is 1. The molecule has 4 heteroatoms. The Bertz CT molecular complexity index is 733. The molecule has 3 heterocycles. The van der Waals surface area contributed by atoms with Gasteiger partial charge >= 0.3 is 0 Å². The lowest BCUT2D eigenvalue weighted by Gasteiger charge is -2.29. The molecule has 114 valence electrons. The lowest BCUT2D eigenvalue weighted by molar-refractivity contribution is 0.330. The van der Waals surface area contributed by atoms with Crippen LogP contribution in [0.15, 0.2) is 36.5 Å². The van der Waals surface area contributed by atoms with Gasteiger partial charge in [0.1, 0.15) is 11.5 Å². The third kappa shape index (κ3) is 1.96. The van der Waals surface area contributed by atoms with E-state index in [4.69, 9.17) is 16.3 Å². The molecule has 4 rings (SSSR count). The Morgan fingerprint density at radius 2 is 2.23 bits per heavy atom. The fraction of sp³-hybridized carbons (Fsp3) is 0.389. The molecule has 22 heavy (non-hydrogen) atoms. The Labute approximate surface area is 135 Å². The number of hydrogen-bond acceptors (Lipinski definition) is 3. The van der Waals surface area contributed by atoms with Crippen molar-refractivity contribution < 1.29 is 4.74 Å². The molecule has 0 saturated carbocycles. The van der Waals surface area contributed by atoms with Crippen LogP contribution in [0.3, 0.4) is 0 Å². The van der Waals surface area contributed by atoms with E-state index >= 15 is 0 Å². The van der Waals surface area contributed by atoms with Gasteiger partial charge in [-0.3, -0.25) is 4.98 Å². The summed E-state index contributed by atoms with van der Waals surface area (Å²) < 4.78 is 6.19. The number of benzene rings is 1. The van der Waals surface area contributed by atoms with Crippen molar-refractivity contribution in [3.8, 4) is 11.5 Å². The number of ether oxygens (including phenoxy) is 1. The number of fused-ring (bicyclic) bond motifs is 5. The highest BCUT2D eigenvalue weighted by molar-refractivity contribution is 6.30. The van der Waals surface area contributed by atoms with Crippen LogP contribution in [0.1, 0.15) is 31.0 Å². The number of halogens is 1. The summed E-state index contributed by atoms with van der Waals surface area (Å²) in [6.45, 7) is 7.63. The van der Waals surface area contributed by atoms with Crippen LogP contribution in [-0.4, -0.2) is 29.5 Å². The van der Waals surface area contributed by atoms with Crippen molar-refractivity contribution in [3.05, 3.63) is 52.8 Å². The minimum atomic E-state index is -0.00443. The van der Waals surface area contributed by atoms with Gasteiger partial charge < -0.3 is 9.64 Å². The van der Waals surface area contributed by atoms with E-state index in [0.29, 0.717) is 10.9 Å². The molecule has 0 radical (unpaired) electrons. The van der Waals surface area contributed by atoms with Gasteiger partial charge in [-0.05, 0) is 30.8 Å². The Morgan fingerprint density at radius 1 is 1.36 bits per heavy atom. The summed E-state index contributed by atoms with van der Waals surface area (Å²) in [6.07, 6.45) is 1.86. The molecule has 1 saturated heterocycles. The second-order valence-corrected chi connectivity index (χ2v) is 6.86. The molecular formula is C18H19ClN2O. The topological polar surface area (TPSA) is 25.4 Å². The Morgan fingerprint density at radius 3 is 3.05 bits per heavy atom. The van der Waals surface area contributed by atoms with Crippen LogP contribution in [0.5, 0.6) is 11.5 Å². The van der Waals surface area contributed by atoms with Crippen LogP contribution in [0.4, 0.5) is 0 Å². The Hall–Kier alpha value is -1.58. The maximum Gasteiger partial charge on any atom is 0.149 e. The van der Waals surface area contributed by atoms with E-state index in [9.17, 15) is 0 Å². The van der Waals surface area contributed by atoms with Gasteiger partial charge in [0.05, 0.1) is 5.69 Å². The van der Waals surface area contributed by atoms with Crippen molar-refractivity contribution >= 4 is 11.6 Å². The highest BCUT2D eigenvalue weighted by Gasteiger charge is 2.49. The lowest BCUT2D eigenvalue weighted by atomic mass is 9.72. The van der Waals surface area contributed by atoms with Gasteiger partial charge in [-0.25, -0.2) is 0 Å². The number of rotatable bonds is 1. The maximum absolute atomic E-state index is 6.20. The van der Waals surface area contributed by atoms with Gasteiger partial charge in [0.25, 0.3) is 0 Å². The van der Waals surface area contributed by atoms with Crippen molar-refractivity contribution in [1.29, 1.82) is 0 Å². The molecule has 2 atom stereocenters. The fourth-order valence-electron chi connectivity index (χ4n) is 3.92. The molecule has 2 aliphatic rings. The average Bonchev–Trinajstić information content (AvgIpc) is 2.81. The molecule has 2 aromatic rings. The maximum atomic E-state index is 6.20. The second kappa shape index (κ2) is 4.97. The Balaban J connectivity index is 1.96. The highest BCUT2D eigenvalue weighted by atomic mass is 35.5. The van der Waals surface area contributed by atoms with Crippen molar-refractivity contribution in [2.24, 2.45) is 0 Å². The third-order valence-electron chi connectivity index (χ3n) is 5.12. The summed E-state index contributed by atoms with van der Waals surface area (Å²) in [5.74, 6) is 2.06. The minimum absolute atomic E-state index is 0.00443. The zero-order chi connectivity index (χ0) is 15.3. The summed E-state index contributed by atoms with van der Waals surface area (Å²) in [5, 5.41) is 0.705. The molecule has 0 unspecified atom stereocenters. The van der Waals surface area contributed by atoms with Crippen molar-refractivity contribution in [2.45, 2.75) is 25.2 Å². The van der Waals surface area contributed by atoms with Crippen LogP contribution in [0.2, 0.25) is 5.02 Å². The van der Waals surface area contributed by atoms with Crippen LogP contribution in [0, 0.1) is 0 Å². The van der Waals surface area contributed by atoms with Gasteiger partial charge in [0.2, 0.25) is 0 Å². The van der Waals surface area contributed by atoms with E-state index in [2.05, 4.69) is 29.8 Å². The predicted molar refractivity (Wildman–Crippen MR) is 88.0 cm³/mol. The number of pyridine rings is 1. The normalized spacial score (nSPS) is 26.6. The summed E-state index contributed by atoms with van der Waals surface area (Å²) in [6, 6.07) is 9.95. The van der Waals surface area contributed by atoms with Crippen LogP contribution >= 0.6 is 11.6 Å². The smallest absolute Gasteiger partial charge is 0.149 e. The lowest BCUT2D eigenvalue weighted by Crippen LogP contribution is -2.31. The summed E-state index contributed by atoms with van der Waals surface area (Å²) >= 11 is 6.20. The van der Waals surface area contributed by atoms with E-state index in [1.807, 2.05) is 30.5 Å². The van der Waals surface area contributed by atoms with Crippen LogP contribution < -0.4 is 4.74 Å². The molecule has 0 aliphatic carbocycles. The van der Waals surface area contributed by atoms with Crippen molar-refractivity contribution in [1.82, 2.24) is 9.88 Å². The molecule has 1 aromatic heterocycles. The molecule has 3 nitrogen and oxygen atoms in total. The van der Waals surface area contributed by atoms with E-state index in [1.165, 1.54) is 5.56 Å². The molecule has 0 bridgehead atoms.